The monoisotopic (exact) mass is 400 g/mol. The highest BCUT2D eigenvalue weighted by Gasteiger charge is 2.07. The molecule has 0 bridgehead atoms. The van der Waals surface area contributed by atoms with Gasteiger partial charge in [0, 0.05) is 26.2 Å². The maximum atomic E-state index is 12.6. The lowest BCUT2D eigenvalue weighted by molar-refractivity contribution is 0.104. The molecule has 1 nitrogen and oxygen atoms in total. The fourth-order valence-electron chi connectivity index (χ4n) is 2.60. The normalized spacial score (nSPS) is 11.1. The van der Waals surface area contributed by atoms with Crippen molar-refractivity contribution in [2.45, 2.75) is 6.92 Å². The van der Waals surface area contributed by atoms with E-state index in [1.165, 1.54) is 6.08 Å². The quantitative estimate of drug-likeness (QED) is 0.326. The zero-order chi connectivity index (χ0) is 18.7. The standard InChI is InChI=1S/C22H15Cl3O/c1-14-12-16(8-10-19(14)23)15-4-2-5-17(13-15)22(26)11-9-18-20(24)6-3-7-21(18)25/h2-13H,1H3/b11-9+. The summed E-state index contributed by atoms with van der Waals surface area (Å²) in [5.41, 5.74) is 4.19. The maximum absolute atomic E-state index is 12.6. The largest absolute Gasteiger partial charge is 0.289 e. The van der Waals surface area contributed by atoms with Gasteiger partial charge in [-0.2, -0.15) is 0 Å². The highest BCUT2D eigenvalue weighted by Crippen LogP contribution is 2.27. The third-order valence-corrected chi connectivity index (χ3v) is 5.12. The van der Waals surface area contributed by atoms with Gasteiger partial charge in [0.25, 0.3) is 0 Å². The Morgan fingerprint density at radius 1 is 0.808 bits per heavy atom. The van der Waals surface area contributed by atoms with Gasteiger partial charge in [-0.3, -0.25) is 4.79 Å². The van der Waals surface area contributed by atoms with Gasteiger partial charge >= 0.3 is 0 Å². The van der Waals surface area contributed by atoms with Crippen LogP contribution in [0.3, 0.4) is 0 Å². The Morgan fingerprint density at radius 3 is 2.15 bits per heavy atom. The minimum atomic E-state index is -0.117. The molecule has 3 rings (SSSR count). The van der Waals surface area contributed by atoms with Gasteiger partial charge < -0.3 is 0 Å². The summed E-state index contributed by atoms with van der Waals surface area (Å²) in [6.45, 7) is 1.96. The van der Waals surface area contributed by atoms with Crippen molar-refractivity contribution in [2.75, 3.05) is 0 Å². The van der Waals surface area contributed by atoms with Crippen molar-refractivity contribution < 1.29 is 4.79 Å². The lowest BCUT2D eigenvalue weighted by Gasteiger charge is -2.06. The molecule has 0 N–H and O–H groups in total. The lowest BCUT2D eigenvalue weighted by atomic mass is 9.99. The van der Waals surface area contributed by atoms with Gasteiger partial charge in [-0.05, 0) is 66.1 Å². The van der Waals surface area contributed by atoms with Gasteiger partial charge in [-0.15, -0.1) is 0 Å². The van der Waals surface area contributed by atoms with Crippen molar-refractivity contribution in [3.63, 3.8) is 0 Å². The van der Waals surface area contributed by atoms with Crippen molar-refractivity contribution in [1.29, 1.82) is 0 Å². The van der Waals surface area contributed by atoms with Crippen LogP contribution >= 0.6 is 34.8 Å². The number of hydrogen-bond donors (Lipinski definition) is 0. The second-order valence-electron chi connectivity index (χ2n) is 5.88. The first-order valence-corrected chi connectivity index (χ1v) is 9.12. The van der Waals surface area contributed by atoms with E-state index in [4.69, 9.17) is 34.8 Å². The highest BCUT2D eigenvalue weighted by atomic mass is 35.5. The highest BCUT2D eigenvalue weighted by molar-refractivity contribution is 6.37. The zero-order valence-electron chi connectivity index (χ0n) is 14.0. The van der Waals surface area contributed by atoms with Crippen LogP contribution in [0.25, 0.3) is 17.2 Å². The molecule has 130 valence electrons. The van der Waals surface area contributed by atoms with Crippen LogP contribution in [0, 0.1) is 6.92 Å². The predicted octanol–water partition coefficient (Wildman–Crippen LogP) is 7.52. The summed E-state index contributed by atoms with van der Waals surface area (Å²) in [6, 6.07) is 18.5. The van der Waals surface area contributed by atoms with Crippen LogP contribution in [0.5, 0.6) is 0 Å². The van der Waals surface area contributed by atoms with Gasteiger partial charge in [0.1, 0.15) is 0 Å². The summed E-state index contributed by atoms with van der Waals surface area (Å²) < 4.78 is 0. The van der Waals surface area contributed by atoms with Gasteiger partial charge in [0.2, 0.25) is 0 Å². The summed E-state index contributed by atoms with van der Waals surface area (Å²) in [4.78, 5) is 12.6. The summed E-state index contributed by atoms with van der Waals surface area (Å²) in [5, 5.41) is 1.74. The van der Waals surface area contributed by atoms with Crippen LogP contribution in [0.15, 0.2) is 66.7 Å². The maximum Gasteiger partial charge on any atom is 0.185 e. The second kappa shape index (κ2) is 8.09. The predicted molar refractivity (Wildman–Crippen MR) is 111 cm³/mol. The fourth-order valence-corrected chi connectivity index (χ4v) is 3.24. The summed E-state index contributed by atoms with van der Waals surface area (Å²) in [6.07, 6.45) is 3.13. The second-order valence-corrected chi connectivity index (χ2v) is 7.10. The molecule has 0 unspecified atom stereocenters. The summed E-state index contributed by atoms with van der Waals surface area (Å²) >= 11 is 18.4. The molecule has 0 heterocycles. The number of hydrogen-bond acceptors (Lipinski definition) is 1. The molecule has 0 spiro atoms. The van der Waals surface area contributed by atoms with Crippen molar-refractivity contribution >= 4 is 46.7 Å². The zero-order valence-corrected chi connectivity index (χ0v) is 16.2. The van der Waals surface area contributed by atoms with Gasteiger partial charge in [0.05, 0.1) is 0 Å². The van der Waals surface area contributed by atoms with Crippen LogP contribution in [0.2, 0.25) is 15.1 Å². The molecule has 0 aliphatic rings. The number of carbonyl (C=O) groups excluding carboxylic acids is 1. The Hall–Kier alpha value is -2.06. The van der Waals surface area contributed by atoms with E-state index in [0.717, 1.165) is 21.7 Å². The average Bonchev–Trinajstić information content (AvgIpc) is 2.63. The van der Waals surface area contributed by atoms with E-state index in [0.29, 0.717) is 21.2 Å². The topological polar surface area (TPSA) is 17.1 Å². The minimum absolute atomic E-state index is 0.117. The number of carbonyl (C=O) groups is 1. The first-order valence-electron chi connectivity index (χ1n) is 7.99. The van der Waals surface area contributed by atoms with E-state index in [1.54, 1.807) is 30.3 Å². The molecule has 0 aromatic heterocycles. The van der Waals surface area contributed by atoms with Crippen LogP contribution in [-0.2, 0) is 0 Å². The number of benzene rings is 3. The smallest absolute Gasteiger partial charge is 0.185 e. The molecular formula is C22H15Cl3O. The molecule has 3 aromatic carbocycles. The molecular weight excluding hydrogens is 387 g/mol. The minimum Gasteiger partial charge on any atom is -0.289 e. The SMILES string of the molecule is Cc1cc(-c2cccc(C(=O)/C=C/c3c(Cl)cccc3Cl)c2)ccc1Cl. The molecule has 0 amide bonds. The number of allylic oxidation sites excluding steroid dienone is 1. The van der Waals surface area contributed by atoms with Crippen molar-refractivity contribution in [1.82, 2.24) is 0 Å². The van der Waals surface area contributed by atoms with Crippen molar-refractivity contribution in [3.05, 3.63) is 98.5 Å². The molecule has 0 aliphatic carbocycles. The number of ketones is 1. The summed E-state index contributed by atoms with van der Waals surface area (Å²) in [5.74, 6) is -0.117. The van der Waals surface area contributed by atoms with Gasteiger partial charge in [0.15, 0.2) is 5.78 Å². The van der Waals surface area contributed by atoms with Crippen molar-refractivity contribution in [3.8, 4) is 11.1 Å². The van der Waals surface area contributed by atoms with Crippen LogP contribution < -0.4 is 0 Å². The molecule has 0 radical (unpaired) electrons. The third-order valence-electron chi connectivity index (χ3n) is 4.04. The first-order chi connectivity index (χ1) is 12.5. The Labute approximate surface area is 167 Å². The van der Waals surface area contributed by atoms with E-state index in [9.17, 15) is 4.79 Å². The number of halogens is 3. The average molecular weight is 402 g/mol. The molecule has 0 aliphatic heterocycles. The molecule has 0 atom stereocenters. The Bertz CT molecular complexity index is 986. The molecule has 4 heteroatoms. The van der Waals surface area contributed by atoms with Gasteiger partial charge in [-0.1, -0.05) is 65.1 Å². The number of aryl methyl sites for hydroxylation is 1. The van der Waals surface area contributed by atoms with E-state index in [2.05, 4.69) is 0 Å². The molecule has 3 aromatic rings. The molecule has 26 heavy (non-hydrogen) atoms. The van der Waals surface area contributed by atoms with E-state index < -0.39 is 0 Å². The van der Waals surface area contributed by atoms with E-state index in [-0.39, 0.29) is 5.78 Å². The first kappa shape index (κ1) is 18.7. The third kappa shape index (κ3) is 4.19. The van der Waals surface area contributed by atoms with Crippen LogP contribution in [0.4, 0.5) is 0 Å². The van der Waals surface area contributed by atoms with Crippen molar-refractivity contribution in [2.24, 2.45) is 0 Å². The lowest BCUT2D eigenvalue weighted by Crippen LogP contribution is -1.95. The number of rotatable bonds is 4. The Balaban J connectivity index is 1.89. The van der Waals surface area contributed by atoms with Gasteiger partial charge in [-0.25, -0.2) is 0 Å². The van der Waals surface area contributed by atoms with E-state index >= 15 is 0 Å². The molecule has 0 saturated heterocycles. The van der Waals surface area contributed by atoms with E-state index in [1.807, 2.05) is 43.3 Å². The fraction of sp³-hybridized carbons (Fsp3) is 0.0455. The Kier molecular flexibility index (Phi) is 5.83. The summed E-state index contributed by atoms with van der Waals surface area (Å²) in [7, 11) is 0. The van der Waals surface area contributed by atoms with Crippen LogP contribution in [0.1, 0.15) is 21.5 Å². The Morgan fingerprint density at radius 2 is 1.46 bits per heavy atom. The van der Waals surface area contributed by atoms with Crippen LogP contribution in [-0.4, -0.2) is 5.78 Å². The molecule has 0 fully saturated rings. The molecule has 0 saturated carbocycles.